The summed E-state index contributed by atoms with van der Waals surface area (Å²) in [6, 6.07) is 24.1. The molecule has 0 spiro atoms. The summed E-state index contributed by atoms with van der Waals surface area (Å²) in [6.07, 6.45) is 1.61. The first kappa shape index (κ1) is 18.5. The average molecular weight is 384 g/mol. The van der Waals surface area contributed by atoms with Gasteiger partial charge in [0.15, 0.2) is 0 Å². The number of ether oxygens (including phenoxy) is 1. The van der Waals surface area contributed by atoms with E-state index < -0.39 is 0 Å². The van der Waals surface area contributed by atoms with Crippen molar-refractivity contribution in [2.45, 2.75) is 0 Å². The van der Waals surface area contributed by atoms with Crippen LogP contribution >= 0.6 is 0 Å². The van der Waals surface area contributed by atoms with E-state index in [9.17, 15) is 9.59 Å². The molecular formula is C24H20N2O3. The highest BCUT2D eigenvalue weighted by atomic mass is 16.5. The predicted molar refractivity (Wildman–Crippen MR) is 115 cm³/mol. The van der Waals surface area contributed by atoms with E-state index in [1.54, 1.807) is 38.6 Å². The summed E-state index contributed by atoms with van der Waals surface area (Å²) < 4.78 is 7.19. The fourth-order valence-electron chi connectivity index (χ4n) is 3.34. The van der Waals surface area contributed by atoms with Crippen LogP contribution in [0.2, 0.25) is 0 Å². The first-order valence-corrected chi connectivity index (χ1v) is 9.22. The Bertz CT molecular complexity index is 1230. The number of fused-ring (bicyclic) bond motifs is 1. The van der Waals surface area contributed by atoms with Crippen molar-refractivity contribution in [2.75, 3.05) is 19.1 Å². The third kappa shape index (κ3) is 3.38. The topological polar surface area (TPSA) is 51.5 Å². The number of carbonyl (C=O) groups is 1. The van der Waals surface area contributed by atoms with Crippen LogP contribution in [0.25, 0.3) is 16.6 Å². The highest BCUT2D eigenvalue weighted by Gasteiger charge is 2.20. The summed E-state index contributed by atoms with van der Waals surface area (Å²) in [4.78, 5) is 27.9. The fourth-order valence-corrected chi connectivity index (χ4v) is 3.34. The molecule has 0 saturated heterocycles. The third-order valence-corrected chi connectivity index (χ3v) is 4.92. The minimum Gasteiger partial charge on any atom is -0.497 e. The number of aromatic nitrogens is 1. The number of hydrogen-bond acceptors (Lipinski definition) is 3. The van der Waals surface area contributed by atoms with E-state index in [2.05, 4.69) is 0 Å². The molecule has 0 N–H and O–H groups in total. The first-order valence-electron chi connectivity index (χ1n) is 9.22. The van der Waals surface area contributed by atoms with E-state index in [-0.39, 0.29) is 16.9 Å². The van der Waals surface area contributed by atoms with Crippen molar-refractivity contribution in [1.82, 2.24) is 4.57 Å². The second-order valence-corrected chi connectivity index (χ2v) is 6.66. The molecule has 29 heavy (non-hydrogen) atoms. The zero-order valence-corrected chi connectivity index (χ0v) is 16.2. The normalized spacial score (nSPS) is 10.7. The Labute approximate surface area is 168 Å². The molecule has 0 unspecified atom stereocenters. The van der Waals surface area contributed by atoms with Gasteiger partial charge in [-0.15, -0.1) is 0 Å². The Morgan fingerprint density at radius 2 is 1.59 bits per heavy atom. The minimum absolute atomic E-state index is 0.109. The van der Waals surface area contributed by atoms with Crippen molar-refractivity contribution >= 4 is 22.5 Å². The third-order valence-electron chi connectivity index (χ3n) is 4.92. The Morgan fingerprint density at radius 3 is 2.24 bits per heavy atom. The lowest BCUT2D eigenvalue weighted by molar-refractivity contribution is 0.0991. The Kier molecular flexibility index (Phi) is 4.87. The van der Waals surface area contributed by atoms with Crippen LogP contribution in [-0.4, -0.2) is 24.6 Å². The highest BCUT2D eigenvalue weighted by molar-refractivity contribution is 6.07. The van der Waals surface area contributed by atoms with E-state index in [4.69, 9.17) is 4.74 Å². The second kappa shape index (κ2) is 7.64. The average Bonchev–Trinajstić information content (AvgIpc) is 2.79. The molecule has 0 aliphatic heterocycles. The monoisotopic (exact) mass is 384 g/mol. The minimum atomic E-state index is -0.358. The van der Waals surface area contributed by atoms with Gasteiger partial charge in [-0.05, 0) is 36.4 Å². The van der Waals surface area contributed by atoms with Crippen LogP contribution in [-0.2, 0) is 0 Å². The summed E-state index contributed by atoms with van der Waals surface area (Å²) in [6.45, 7) is 0. The smallest absolute Gasteiger partial charge is 0.263 e. The molecular weight excluding hydrogens is 364 g/mol. The standard InChI is InChI=1S/C24H20N2O3/c1-25(17-9-5-3-6-10-17)24(28)21-16-26(18-11-7-4-8-12-18)22-15-19(29-2)13-14-20(22)23(21)27/h3-16H,1-2H3. The molecule has 1 amide bonds. The number of amides is 1. The molecule has 144 valence electrons. The van der Waals surface area contributed by atoms with Crippen molar-refractivity contribution in [3.8, 4) is 11.4 Å². The lowest BCUT2D eigenvalue weighted by atomic mass is 10.1. The van der Waals surface area contributed by atoms with E-state index in [0.717, 1.165) is 11.4 Å². The molecule has 5 heteroatoms. The molecule has 1 aromatic heterocycles. The molecule has 0 radical (unpaired) electrons. The van der Waals surface area contributed by atoms with Crippen molar-refractivity contribution in [2.24, 2.45) is 0 Å². The van der Waals surface area contributed by atoms with Gasteiger partial charge < -0.3 is 14.2 Å². The van der Waals surface area contributed by atoms with Gasteiger partial charge in [-0.2, -0.15) is 0 Å². The number of para-hydroxylation sites is 2. The molecule has 0 saturated carbocycles. The Hall–Kier alpha value is -3.86. The maximum Gasteiger partial charge on any atom is 0.263 e. The van der Waals surface area contributed by atoms with Crippen LogP contribution in [0.3, 0.4) is 0 Å². The highest BCUT2D eigenvalue weighted by Crippen LogP contribution is 2.23. The van der Waals surface area contributed by atoms with Crippen LogP contribution < -0.4 is 15.1 Å². The number of nitrogens with zero attached hydrogens (tertiary/aromatic N) is 2. The molecule has 5 nitrogen and oxygen atoms in total. The largest absolute Gasteiger partial charge is 0.497 e. The van der Waals surface area contributed by atoms with E-state index in [0.29, 0.717) is 16.7 Å². The van der Waals surface area contributed by atoms with E-state index in [1.165, 1.54) is 4.90 Å². The Balaban J connectivity index is 1.95. The molecule has 0 aliphatic carbocycles. The molecule has 4 aromatic rings. The number of pyridine rings is 1. The molecule has 0 atom stereocenters. The van der Waals surface area contributed by atoms with Gasteiger partial charge in [-0.1, -0.05) is 36.4 Å². The van der Waals surface area contributed by atoms with Crippen molar-refractivity contribution in [1.29, 1.82) is 0 Å². The maximum absolute atomic E-state index is 13.2. The summed E-state index contributed by atoms with van der Waals surface area (Å²) in [7, 11) is 3.25. The van der Waals surface area contributed by atoms with Crippen molar-refractivity contribution in [3.05, 3.63) is 101 Å². The molecule has 0 fully saturated rings. The van der Waals surface area contributed by atoms with Crippen LogP contribution in [0.1, 0.15) is 10.4 Å². The summed E-state index contributed by atoms with van der Waals surface area (Å²) >= 11 is 0. The maximum atomic E-state index is 13.2. The quantitative estimate of drug-likeness (QED) is 0.528. The van der Waals surface area contributed by atoms with Crippen molar-refractivity contribution < 1.29 is 9.53 Å². The van der Waals surface area contributed by atoms with E-state index >= 15 is 0 Å². The van der Waals surface area contributed by atoms with Gasteiger partial charge in [-0.3, -0.25) is 9.59 Å². The van der Waals surface area contributed by atoms with Crippen molar-refractivity contribution in [3.63, 3.8) is 0 Å². The zero-order chi connectivity index (χ0) is 20.4. The molecule has 0 aliphatic rings. The molecule has 4 rings (SSSR count). The lowest BCUT2D eigenvalue weighted by Gasteiger charge is -2.19. The number of hydrogen-bond donors (Lipinski definition) is 0. The Morgan fingerprint density at radius 1 is 0.931 bits per heavy atom. The van der Waals surface area contributed by atoms with Crippen LogP contribution in [0.5, 0.6) is 5.75 Å². The first-order chi connectivity index (χ1) is 14.1. The van der Waals surface area contributed by atoms with Gasteiger partial charge in [0.1, 0.15) is 11.3 Å². The number of anilines is 1. The van der Waals surface area contributed by atoms with Gasteiger partial charge in [0, 0.05) is 36.1 Å². The van der Waals surface area contributed by atoms with Crippen LogP contribution in [0, 0.1) is 0 Å². The van der Waals surface area contributed by atoms with Gasteiger partial charge >= 0.3 is 0 Å². The summed E-state index contributed by atoms with van der Waals surface area (Å²) in [5.74, 6) is 0.283. The lowest BCUT2D eigenvalue weighted by Crippen LogP contribution is -2.31. The predicted octanol–water partition coefficient (Wildman–Crippen LogP) is 4.28. The number of methoxy groups -OCH3 is 1. The summed E-state index contributed by atoms with van der Waals surface area (Å²) in [5, 5.41) is 0.460. The SMILES string of the molecule is COc1ccc2c(=O)c(C(=O)N(C)c3ccccc3)cn(-c3ccccc3)c2c1. The molecule has 1 heterocycles. The number of rotatable bonds is 4. The van der Waals surface area contributed by atoms with Gasteiger partial charge in [0.25, 0.3) is 5.91 Å². The van der Waals surface area contributed by atoms with Gasteiger partial charge in [-0.25, -0.2) is 0 Å². The molecule has 0 bridgehead atoms. The van der Waals surface area contributed by atoms with Crippen LogP contribution in [0.15, 0.2) is 89.9 Å². The van der Waals surface area contributed by atoms with E-state index in [1.807, 2.05) is 65.2 Å². The number of benzene rings is 3. The number of carbonyl (C=O) groups excluding carboxylic acids is 1. The second-order valence-electron chi connectivity index (χ2n) is 6.66. The molecule has 3 aromatic carbocycles. The van der Waals surface area contributed by atoms with Gasteiger partial charge in [0.2, 0.25) is 5.43 Å². The fraction of sp³-hybridized carbons (Fsp3) is 0.0833. The summed E-state index contributed by atoms with van der Waals surface area (Å²) in [5.41, 5.74) is 2.06. The zero-order valence-electron chi connectivity index (χ0n) is 16.2. The van der Waals surface area contributed by atoms with Crippen LogP contribution in [0.4, 0.5) is 5.69 Å². The van der Waals surface area contributed by atoms with Gasteiger partial charge in [0.05, 0.1) is 12.6 Å².